The van der Waals surface area contributed by atoms with Gasteiger partial charge in [0, 0.05) is 11.8 Å². The Morgan fingerprint density at radius 1 is 1.53 bits per heavy atom. The minimum absolute atomic E-state index is 0.113. The molecule has 2 nitrogen and oxygen atoms in total. The molecule has 0 spiro atoms. The van der Waals surface area contributed by atoms with E-state index in [1.807, 2.05) is 19.1 Å². The van der Waals surface area contributed by atoms with Gasteiger partial charge in [0.2, 0.25) is 5.91 Å². The van der Waals surface area contributed by atoms with Crippen LogP contribution in [0.15, 0.2) is 18.2 Å². The number of nitrogens with one attached hydrogen (secondary N) is 1. The Balaban J connectivity index is 2.80. The molecule has 1 aromatic carbocycles. The van der Waals surface area contributed by atoms with Crippen LogP contribution in [-0.4, -0.2) is 11.8 Å². The van der Waals surface area contributed by atoms with Crippen LogP contribution in [0.3, 0.4) is 0 Å². The SMILES string of the molecule is Cc1ccc(Cl)c(NC(=O)C(C)CCl)c1. The fourth-order valence-corrected chi connectivity index (χ4v) is 1.37. The second-order valence-electron chi connectivity index (χ2n) is 3.53. The van der Waals surface area contributed by atoms with Crippen LogP contribution in [0.2, 0.25) is 5.02 Å². The molecular weight excluding hydrogens is 233 g/mol. The van der Waals surface area contributed by atoms with Crippen molar-refractivity contribution in [1.29, 1.82) is 0 Å². The molecule has 4 heteroatoms. The lowest BCUT2D eigenvalue weighted by atomic mass is 10.2. The first kappa shape index (κ1) is 12.3. The molecule has 0 saturated carbocycles. The van der Waals surface area contributed by atoms with Gasteiger partial charge >= 0.3 is 0 Å². The van der Waals surface area contributed by atoms with E-state index in [2.05, 4.69) is 5.32 Å². The van der Waals surface area contributed by atoms with Crippen LogP contribution in [0, 0.1) is 12.8 Å². The first-order chi connectivity index (χ1) is 7.04. The first-order valence-electron chi connectivity index (χ1n) is 4.67. The van der Waals surface area contributed by atoms with Crippen molar-refractivity contribution in [2.75, 3.05) is 11.2 Å². The lowest BCUT2D eigenvalue weighted by Gasteiger charge is -2.11. The zero-order valence-corrected chi connectivity index (χ0v) is 10.2. The molecule has 0 bridgehead atoms. The van der Waals surface area contributed by atoms with Crippen LogP contribution in [0.25, 0.3) is 0 Å². The smallest absolute Gasteiger partial charge is 0.228 e. The van der Waals surface area contributed by atoms with Gasteiger partial charge in [-0.1, -0.05) is 24.6 Å². The average molecular weight is 246 g/mol. The number of carbonyl (C=O) groups is 1. The summed E-state index contributed by atoms with van der Waals surface area (Å²) in [4.78, 5) is 11.6. The van der Waals surface area contributed by atoms with E-state index in [4.69, 9.17) is 23.2 Å². The number of carbonyl (C=O) groups excluding carboxylic acids is 1. The highest BCUT2D eigenvalue weighted by Crippen LogP contribution is 2.23. The molecule has 1 amide bonds. The summed E-state index contributed by atoms with van der Waals surface area (Å²) in [6, 6.07) is 5.49. The molecule has 0 saturated heterocycles. The highest BCUT2D eigenvalue weighted by atomic mass is 35.5. The van der Waals surface area contributed by atoms with E-state index in [-0.39, 0.29) is 11.8 Å². The summed E-state index contributed by atoms with van der Waals surface area (Å²) in [6.45, 7) is 3.71. The highest BCUT2D eigenvalue weighted by Gasteiger charge is 2.12. The molecule has 15 heavy (non-hydrogen) atoms. The maximum absolute atomic E-state index is 11.6. The van der Waals surface area contributed by atoms with Crippen LogP contribution < -0.4 is 5.32 Å². The highest BCUT2D eigenvalue weighted by molar-refractivity contribution is 6.33. The standard InChI is InChI=1S/C11H13Cl2NO/c1-7-3-4-9(13)10(5-7)14-11(15)8(2)6-12/h3-5,8H,6H2,1-2H3,(H,14,15). The molecule has 0 heterocycles. The Labute approximate surface area is 99.6 Å². The predicted octanol–water partition coefficient (Wildman–Crippen LogP) is 3.46. The zero-order chi connectivity index (χ0) is 11.4. The van der Waals surface area contributed by atoms with E-state index >= 15 is 0 Å². The second kappa shape index (κ2) is 5.38. The van der Waals surface area contributed by atoms with Crippen molar-refractivity contribution in [3.8, 4) is 0 Å². The molecule has 1 atom stereocenters. The van der Waals surface area contributed by atoms with E-state index in [0.29, 0.717) is 16.6 Å². The number of hydrogen-bond donors (Lipinski definition) is 1. The number of benzene rings is 1. The Morgan fingerprint density at radius 3 is 2.80 bits per heavy atom. The molecule has 1 aromatic rings. The fraction of sp³-hybridized carbons (Fsp3) is 0.364. The lowest BCUT2D eigenvalue weighted by Crippen LogP contribution is -2.21. The summed E-state index contributed by atoms with van der Waals surface area (Å²) in [7, 11) is 0. The first-order valence-corrected chi connectivity index (χ1v) is 5.59. The van der Waals surface area contributed by atoms with Gasteiger partial charge in [-0.2, -0.15) is 0 Å². The molecule has 0 aliphatic rings. The Kier molecular flexibility index (Phi) is 4.43. The van der Waals surface area contributed by atoms with Gasteiger partial charge in [-0.3, -0.25) is 4.79 Å². The number of aryl methyl sites for hydroxylation is 1. The minimum Gasteiger partial charge on any atom is -0.324 e. The third-order valence-corrected chi connectivity index (χ3v) is 2.85. The van der Waals surface area contributed by atoms with Crippen LogP contribution in [0.4, 0.5) is 5.69 Å². The third-order valence-electron chi connectivity index (χ3n) is 2.06. The van der Waals surface area contributed by atoms with Crippen LogP contribution >= 0.6 is 23.2 Å². The van der Waals surface area contributed by atoms with Crippen LogP contribution in [0.1, 0.15) is 12.5 Å². The summed E-state index contributed by atoms with van der Waals surface area (Å²) in [6.07, 6.45) is 0. The molecule has 0 aliphatic carbocycles. The third kappa shape index (κ3) is 3.40. The second-order valence-corrected chi connectivity index (χ2v) is 4.24. The van der Waals surface area contributed by atoms with Gasteiger partial charge in [0.05, 0.1) is 10.7 Å². The van der Waals surface area contributed by atoms with Crippen LogP contribution in [-0.2, 0) is 4.79 Å². The van der Waals surface area contributed by atoms with E-state index in [1.54, 1.807) is 13.0 Å². The molecule has 0 radical (unpaired) electrons. The quantitative estimate of drug-likeness (QED) is 0.813. The van der Waals surface area contributed by atoms with Crippen molar-refractivity contribution in [3.63, 3.8) is 0 Å². The molecule has 82 valence electrons. The van der Waals surface area contributed by atoms with Gasteiger partial charge in [0.1, 0.15) is 0 Å². The van der Waals surface area contributed by atoms with Crippen molar-refractivity contribution < 1.29 is 4.79 Å². The van der Waals surface area contributed by atoms with E-state index in [1.165, 1.54) is 0 Å². The molecule has 0 aromatic heterocycles. The van der Waals surface area contributed by atoms with Gasteiger partial charge in [0.15, 0.2) is 0 Å². The largest absolute Gasteiger partial charge is 0.324 e. The van der Waals surface area contributed by atoms with Crippen LogP contribution in [0.5, 0.6) is 0 Å². The summed E-state index contributed by atoms with van der Waals surface area (Å²) in [5.41, 5.74) is 1.69. The van der Waals surface area contributed by atoms with E-state index < -0.39 is 0 Å². The molecule has 1 N–H and O–H groups in total. The summed E-state index contributed by atoms with van der Waals surface area (Å²) in [5.74, 6) is -0.0318. The number of halogens is 2. The number of rotatable bonds is 3. The van der Waals surface area contributed by atoms with Crippen molar-refractivity contribution in [2.24, 2.45) is 5.92 Å². The van der Waals surface area contributed by atoms with Crippen molar-refractivity contribution in [3.05, 3.63) is 28.8 Å². The zero-order valence-electron chi connectivity index (χ0n) is 8.68. The van der Waals surface area contributed by atoms with E-state index in [9.17, 15) is 4.79 Å². The predicted molar refractivity (Wildman–Crippen MR) is 64.7 cm³/mol. The molecule has 0 aliphatic heterocycles. The van der Waals surface area contributed by atoms with Gasteiger partial charge in [-0.15, -0.1) is 11.6 Å². The minimum atomic E-state index is -0.219. The normalized spacial score (nSPS) is 12.3. The Morgan fingerprint density at radius 2 is 2.20 bits per heavy atom. The monoisotopic (exact) mass is 245 g/mol. The number of hydrogen-bond acceptors (Lipinski definition) is 1. The maximum atomic E-state index is 11.6. The topological polar surface area (TPSA) is 29.1 Å². The van der Waals surface area contributed by atoms with Crippen molar-refractivity contribution >= 4 is 34.8 Å². The number of alkyl halides is 1. The Bertz CT molecular complexity index is 366. The van der Waals surface area contributed by atoms with Gasteiger partial charge in [0.25, 0.3) is 0 Å². The van der Waals surface area contributed by atoms with Gasteiger partial charge in [-0.05, 0) is 24.6 Å². The maximum Gasteiger partial charge on any atom is 0.228 e. The number of anilines is 1. The van der Waals surface area contributed by atoms with Crippen molar-refractivity contribution in [1.82, 2.24) is 0 Å². The summed E-state index contributed by atoms with van der Waals surface area (Å²) >= 11 is 11.5. The lowest BCUT2D eigenvalue weighted by molar-refractivity contribution is -0.118. The van der Waals surface area contributed by atoms with Gasteiger partial charge in [-0.25, -0.2) is 0 Å². The molecule has 1 unspecified atom stereocenters. The Hall–Kier alpha value is -0.730. The molecular formula is C11H13Cl2NO. The number of amides is 1. The average Bonchev–Trinajstić information content (AvgIpc) is 2.22. The summed E-state index contributed by atoms with van der Waals surface area (Å²) in [5, 5.41) is 3.28. The van der Waals surface area contributed by atoms with Crippen molar-refractivity contribution in [2.45, 2.75) is 13.8 Å². The fourth-order valence-electron chi connectivity index (χ4n) is 1.06. The molecule has 0 fully saturated rings. The summed E-state index contributed by atoms with van der Waals surface area (Å²) < 4.78 is 0. The van der Waals surface area contributed by atoms with E-state index in [0.717, 1.165) is 5.56 Å². The molecule has 1 rings (SSSR count). The van der Waals surface area contributed by atoms with Gasteiger partial charge < -0.3 is 5.32 Å².